The second-order valence-corrected chi connectivity index (χ2v) is 4.20. The van der Waals surface area contributed by atoms with Crippen molar-refractivity contribution in [1.29, 1.82) is 0 Å². The van der Waals surface area contributed by atoms with Gasteiger partial charge >= 0.3 is 0 Å². The first-order valence-corrected chi connectivity index (χ1v) is 6.07. The molecule has 0 unspecified atom stereocenters. The molecule has 1 N–H and O–H groups in total. The van der Waals surface area contributed by atoms with E-state index in [2.05, 4.69) is 16.4 Å². The van der Waals surface area contributed by atoms with E-state index in [9.17, 15) is 0 Å². The van der Waals surface area contributed by atoms with Crippen LogP contribution in [0.25, 0.3) is 0 Å². The van der Waals surface area contributed by atoms with Crippen LogP contribution in [-0.4, -0.2) is 12.0 Å². The Morgan fingerprint density at radius 2 is 1.94 bits per heavy atom. The van der Waals surface area contributed by atoms with Crippen molar-refractivity contribution in [2.45, 2.75) is 20.1 Å². The van der Waals surface area contributed by atoms with Crippen LogP contribution in [0.2, 0.25) is 0 Å². The molecule has 0 aliphatic rings. The Kier molecular flexibility index (Phi) is 4.31. The van der Waals surface area contributed by atoms with Crippen molar-refractivity contribution in [2.75, 3.05) is 7.05 Å². The lowest BCUT2D eigenvalue weighted by Crippen LogP contribution is -2.08. The molecule has 0 bridgehead atoms. The molecule has 0 saturated heterocycles. The number of nitrogens with one attached hydrogen (secondary N) is 1. The number of hydrogen-bond donors (Lipinski definition) is 1. The lowest BCUT2D eigenvalue weighted by atomic mass is 10.2. The van der Waals surface area contributed by atoms with Crippen molar-refractivity contribution >= 4 is 0 Å². The fourth-order valence-electron chi connectivity index (χ4n) is 1.81. The summed E-state index contributed by atoms with van der Waals surface area (Å²) >= 11 is 0. The second-order valence-electron chi connectivity index (χ2n) is 4.20. The highest BCUT2D eigenvalue weighted by Crippen LogP contribution is 2.18. The third-order valence-electron chi connectivity index (χ3n) is 2.66. The van der Waals surface area contributed by atoms with Crippen molar-refractivity contribution in [1.82, 2.24) is 10.3 Å². The maximum atomic E-state index is 5.83. The Balaban J connectivity index is 2.06. The van der Waals surface area contributed by atoms with E-state index >= 15 is 0 Å². The molecule has 0 aliphatic carbocycles. The van der Waals surface area contributed by atoms with Gasteiger partial charge in [0.1, 0.15) is 12.4 Å². The zero-order valence-electron chi connectivity index (χ0n) is 10.8. The smallest absolute Gasteiger partial charge is 0.130 e. The van der Waals surface area contributed by atoms with E-state index in [1.807, 2.05) is 50.4 Å². The number of nitrogens with zero attached hydrogens (tertiary/aromatic N) is 1. The van der Waals surface area contributed by atoms with E-state index in [0.717, 1.165) is 29.2 Å². The van der Waals surface area contributed by atoms with Gasteiger partial charge in [0.15, 0.2) is 0 Å². The summed E-state index contributed by atoms with van der Waals surface area (Å²) in [6.45, 7) is 3.29. The summed E-state index contributed by atoms with van der Waals surface area (Å²) in [4.78, 5) is 4.42. The Bertz CT molecular complexity index is 511. The predicted octanol–water partition coefficient (Wildman–Crippen LogP) is 2.69. The van der Waals surface area contributed by atoms with Crippen LogP contribution in [0, 0.1) is 6.92 Å². The molecule has 94 valence electrons. The van der Waals surface area contributed by atoms with Gasteiger partial charge in [-0.3, -0.25) is 4.98 Å². The molecule has 1 aromatic carbocycles. The normalized spacial score (nSPS) is 10.3. The van der Waals surface area contributed by atoms with Gasteiger partial charge in [-0.1, -0.05) is 24.3 Å². The van der Waals surface area contributed by atoms with Gasteiger partial charge in [0.2, 0.25) is 0 Å². The third kappa shape index (κ3) is 3.31. The highest BCUT2D eigenvalue weighted by molar-refractivity contribution is 5.33. The van der Waals surface area contributed by atoms with Gasteiger partial charge in [-0.25, -0.2) is 0 Å². The maximum absolute atomic E-state index is 5.83. The molecule has 0 radical (unpaired) electrons. The van der Waals surface area contributed by atoms with Crippen molar-refractivity contribution in [3.63, 3.8) is 0 Å². The van der Waals surface area contributed by atoms with E-state index in [4.69, 9.17) is 4.74 Å². The largest absolute Gasteiger partial charge is 0.487 e. The lowest BCUT2D eigenvalue weighted by molar-refractivity contribution is 0.297. The molecule has 0 aliphatic heterocycles. The minimum Gasteiger partial charge on any atom is -0.487 e. The van der Waals surface area contributed by atoms with Crippen LogP contribution in [0.15, 0.2) is 42.5 Å². The zero-order valence-corrected chi connectivity index (χ0v) is 10.8. The molecule has 0 atom stereocenters. The minimum atomic E-state index is 0.502. The van der Waals surface area contributed by atoms with Gasteiger partial charge in [-0.2, -0.15) is 0 Å². The lowest BCUT2D eigenvalue weighted by Gasteiger charge is -2.11. The van der Waals surface area contributed by atoms with Gasteiger partial charge in [-0.05, 0) is 32.2 Å². The Hall–Kier alpha value is -1.87. The summed E-state index contributed by atoms with van der Waals surface area (Å²) in [5.41, 5.74) is 3.13. The predicted molar refractivity (Wildman–Crippen MR) is 72.5 cm³/mol. The van der Waals surface area contributed by atoms with Crippen LogP contribution in [0.5, 0.6) is 5.75 Å². The molecular weight excluding hydrogens is 224 g/mol. The third-order valence-corrected chi connectivity index (χ3v) is 2.66. The molecule has 0 spiro atoms. The van der Waals surface area contributed by atoms with Crippen LogP contribution < -0.4 is 10.1 Å². The van der Waals surface area contributed by atoms with Crippen LogP contribution in [0.4, 0.5) is 0 Å². The molecule has 0 saturated carbocycles. The Labute approximate surface area is 108 Å². The quantitative estimate of drug-likeness (QED) is 0.875. The highest BCUT2D eigenvalue weighted by atomic mass is 16.5. The number of rotatable bonds is 5. The molecule has 1 aromatic heterocycles. The molecule has 3 nitrogen and oxygen atoms in total. The topological polar surface area (TPSA) is 34.1 Å². The van der Waals surface area contributed by atoms with E-state index < -0.39 is 0 Å². The summed E-state index contributed by atoms with van der Waals surface area (Å²) in [5, 5.41) is 3.14. The van der Waals surface area contributed by atoms with Gasteiger partial charge in [0.25, 0.3) is 0 Å². The molecule has 2 rings (SSSR count). The fraction of sp³-hybridized carbons (Fsp3) is 0.267. The maximum Gasteiger partial charge on any atom is 0.130 e. The first-order valence-electron chi connectivity index (χ1n) is 6.07. The Morgan fingerprint density at radius 3 is 2.72 bits per heavy atom. The average molecular weight is 242 g/mol. The van der Waals surface area contributed by atoms with Gasteiger partial charge < -0.3 is 10.1 Å². The first kappa shape index (κ1) is 12.6. The van der Waals surface area contributed by atoms with Crippen molar-refractivity contribution in [2.24, 2.45) is 0 Å². The number of para-hydroxylation sites is 1. The summed E-state index contributed by atoms with van der Waals surface area (Å²) in [6.07, 6.45) is 0. The van der Waals surface area contributed by atoms with Crippen molar-refractivity contribution in [3.8, 4) is 5.75 Å². The molecule has 1 heterocycles. The number of aryl methyl sites for hydroxylation is 1. The van der Waals surface area contributed by atoms with E-state index in [-0.39, 0.29) is 0 Å². The molecule has 3 heteroatoms. The monoisotopic (exact) mass is 242 g/mol. The average Bonchev–Trinajstić information content (AvgIpc) is 2.38. The number of ether oxygens (including phenoxy) is 1. The van der Waals surface area contributed by atoms with E-state index in [1.54, 1.807) is 0 Å². The molecule has 18 heavy (non-hydrogen) atoms. The van der Waals surface area contributed by atoms with Gasteiger partial charge in [0.05, 0.1) is 5.69 Å². The van der Waals surface area contributed by atoms with Gasteiger partial charge in [0, 0.05) is 17.8 Å². The SMILES string of the molecule is CNCc1ccccc1OCc1cccc(C)n1. The summed E-state index contributed by atoms with van der Waals surface area (Å²) in [7, 11) is 1.93. The first-order chi connectivity index (χ1) is 8.79. The number of hydrogen-bond acceptors (Lipinski definition) is 3. The van der Waals surface area contributed by atoms with Crippen LogP contribution in [0.1, 0.15) is 17.0 Å². The van der Waals surface area contributed by atoms with Crippen molar-refractivity contribution in [3.05, 3.63) is 59.4 Å². The number of benzene rings is 1. The van der Waals surface area contributed by atoms with Crippen LogP contribution in [-0.2, 0) is 13.2 Å². The minimum absolute atomic E-state index is 0.502. The number of aromatic nitrogens is 1. The molecule has 2 aromatic rings. The number of pyridine rings is 1. The highest BCUT2D eigenvalue weighted by Gasteiger charge is 2.02. The summed E-state index contributed by atoms with van der Waals surface area (Å²) in [5.74, 6) is 0.912. The summed E-state index contributed by atoms with van der Waals surface area (Å²) in [6, 6.07) is 14.0. The standard InChI is InChI=1S/C15H18N2O/c1-12-6-5-8-14(17-12)11-18-15-9-4-3-7-13(15)10-16-2/h3-9,16H,10-11H2,1-2H3. The van der Waals surface area contributed by atoms with Gasteiger partial charge in [-0.15, -0.1) is 0 Å². The fourth-order valence-corrected chi connectivity index (χ4v) is 1.81. The second kappa shape index (κ2) is 6.17. The molecule has 0 fully saturated rings. The van der Waals surface area contributed by atoms with Crippen LogP contribution >= 0.6 is 0 Å². The zero-order chi connectivity index (χ0) is 12.8. The Morgan fingerprint density at radius 1 is 1.11 bits per heavy atom. The molecular formula is C15H18N2O. The van der Waals surface area contributed by atoms with E-state index in [0.29, 0.717) is 6.61 Å². The van der Waals surface area contributed by atoms with Crippen molar-refractivity contribution < 1.29 is 4.74 Å². The molecule has 0 amide bonds. The van der Waals surface area contributed by atoms with E-state index in [1.165, 1.54) is 0 Å². The van der Waals surface area contributed by atoms with Crippen LogP contribution in [0.3, 0.4) is 0 Å². The summed E-state index contributed by atoms with van der Waals surface area (Å²) < 4.78 is 5.83.